The Balaban J connectivity index is 1.66. The van der Waals surface area contributed by atoms with Gasteiger partial charge in [0.2, 0.25) is 0 Å². The van der Waals surface area contributed by atoms with Crippen molar-refractivity contribution in [3.8, 4) is 10.6 Å². The normalized spacial score (nSPS) is 11.0. The highest BCUT2D eigenvalue weighted by atomic mass is 32.1. The molecule has 0 aliphatic carbocycles. The molecule has 0 amide bonds. The first-order valence-electron chi connectivity index (χ1n) is 5.68. The molecule has 0 unspecified atom stereocenters. The zero-order valence-corrected chi connectivity index (χ0v) is 11.6. The summed E-state index contributed by atoms with van der Waals surface area (Å²) in [5, 5.41) is 11.5. The standard InChI is InChI=1S/C11H7N7S2/c1-2-13-7(5-12-1)16-11-18-10-9(20-11)17-8(19-10)6-3-14-15-4-6/h1-5H,(H,14,15)(H,13,16,18). The number of rotatable bonds is 3. The van der Waals surface area contributed by atoms with Gasteiger partial charge in [-0.25, -0.2) is 15.0 Å². The van der Waals surface area contributed by atoms with E-state index in [0.717, 1.165) is 25.4 Å². The van der Waals surface area contributed by atoms with Crippen LogP contribution >= 0.6 is 22.7 Å². The van der Waals surface area contributed by atoms with Crippen LogP contribution in [0.3, 0.4) is 0 Å². The van der Waals surface area contributed by atoms with E-state index in [2.05, 4.69) is 35.5 Å². The van der Waals surface area contributed by atoms with Crippen molar-refractivity contribution in [3.63, 3.8) is 0 Å². The molecule has 2 N–H and O–H groups in total. The molecule has 0 spiro atoms. The van der Waals surface area contributed by atoms with E-state index in [-0.39, 0.29) is 0 Å². The van der Waals surface area contributed by atoms with Gasteiger partial charge >= 0.3 is 0 Å². The van der Waals surface area contributed by atoms with Crippen LogP contribution in [0.1, 0.15) is 0 Å². The lowest BCUT2D eigenvalue weighted by Crippen LogP contribution is -1.92. The van der Waals surface area contributed by atoms with Crippen LogP contribution in [0.25, 0.3) is 20.2 Å². The highest BCUT2D eigenvalue weighted by Gasteiger charge is 2.12. The topological polar surface area (TPSA) is 92.3 Å². The Bertz CT molecular complexity index is 803. The maximum absolute atomic E-state index is 4.56. The number of aromatic nitrogens is 6. The minimum atomic E-state index is 0.670. The maximum atomic E-state index is 4.56. The van der Waals surface area contributed by atoms with E-state index in [1.807, 2.05) is 6.20 Å². The van der Waals surface area contributed by atoms with E-state index in [0.29, 0.717) is 5.82 Å². The van der Waals surface area contributed by atoms with E-state index in [9.17, 15) is 0 Å². The molecule has 0 bridgehead atoms. The number of hydrogen-bond donors (Lipinski definition) is 2. The van der Waals surface area contributed by atoms with Crippen molar-refractivity contribution in [3.05, 3.63) is 31.0 Å². The zero-order chi connectivity index (χ0) is 13.4. The molecule has 4 rings (SSSR count). The van der Waals surface area contributed by atoms with Crippen LogP contribution in [0.5, 0.6) is 0 Å². The Morgan fingerprint density at radius 1 is 1.05 bits per heavy atom. The molecule has 0 aliphatic heterocycles. The third-order valence-electron chi connectivity index (χ3n) is 2.52. The smallest absolute Gasteiger partial charge is 0.191 e. The fraction of sp³-hybridized carbons (Fsp3) is 0. The number of hydrogen-bond acceptors (Lipinski definition) is 8. The van der Waals surface area contributed by atoms with E-state index in [1.54, 1.807) is 24.8 Å². The van der Waals surface area contributed by atoms with Gasteiger partial charge in [-0.3, -0.25) is 10.1 Å². The van der Waals surface area contributed by atoms with E-state index in [4.69, 9.17) is 0 Å². The molecule has 0 saturated heterocycles. The third-order valence-corrected chi connectivity index (χ3v) is 4.51. The fourth-order valence-corrected chi connectivity index (χ4v) is 3.59. The van der Waals surface area contributed by atoms with E-state index >= 15 is 0 Å². The Kier molecular flexibility index (Phi) is 2.64. The summed E-state index contributed by atoms with van der Waals surface area (Å²) in [6.07, 6.45) is 8.49. The average Bonchev–Trinajstić information content (AvgIpc) is 3.13. The third kappa shape index (κ3) is 2.02. The summed E-state index contributed by atoms with van der Waals surface area (Å²) in [6.45, 7) is 0. The number of H-pyrrole nitrogens is 1. The summed E-state index contributed by atoms with van der Waals surface area (Å²) >= 11 is 3.03. The molecule has 98 valence electrons. The van der Waals surface area contributed by atoms with Gasteiger partial charge in [-0.1, -0.05) is 22.7 Å². The Morgan fingerprint density at radius 3 is 2.75 bits per heavy atom. The molecule has 0 aromatic carbocycles. The van der Waals surface area contributed by atoms with Gasteiger partial charge < -0.3 is 5.32 Å². The van der Waals surface area contributed by atoms with Crippen molar-refractivity contribution in [2.45, 2.75) is 0 Å². The molecular formula is C11H7N7S2. The molecular weight excluding hydrogens is 294 g/mol. The van der Waals surface area contributed by atoms with Gasteiger partial charge in [-0.2, -0.15) is 5.10 Å². The number of fused-ring (bicyclic) bond motifs is 1. The number of nitrogens with one attached hydrogen (secondary N) is 2. The first kappa shape index (κ1) is 11.4. The Morgan fingerprint density at radius 2 is 2.00 bits per heavy atom. The first-order chi connectivity index (χ1) is 9.88. The fourth-order valence-electron chi connectivity index (χ4n) is 1.66. The highest BCUT2D eigenvalue weighted by molar-refractivity contribution is 7.29. The predicted molar refractivity (Wildman–Crippen MR) is 78.2 cm³/mol. The van der Waals surface area contributed by atoms with Gasteiger partial charge in [0.05, 0.1) is 12.4 Å². The lowest BCUT2D eigenvalue weighted by Gasteiger charge is -1.98. The first-order valence-corrected chi connectivity index (χ1v) is 7.31. The lowest BCUT2D eigenvalue weighted by molar-refractivity contribution is 1.09. The molecule has 0 atom stereocenters. The van der Waals surface area contributed by atoms with Gasteiger partial charge in [0.25, 0.3) is 0 Å². The summed E-state index contributed by atoms with van der Waals surface area (Å²) in [5.74, 6) is 0.670. The lowest BCUT2D eigenvalue weighted by atomic mass is 10.4. The van der Waals surface area contributed by atoms with Crippen LogP contribution in [0.15, 0.2) is 31.0 Å². The van der Waals surface area contributed by atoms with Crippen LogP contribution in [0, 0.1) is 0 Å². The molecule has 4 aromatic rings. The number of thiazole rings is 2. The quantitative estimate of drug-likeness (QED) is 0.604. The molecule has 20 heavy (non-hydrogen) atoms. The maximum Gasteiger partial charge on any atom is 0.191 e. The van der Waals surface area contributed by atoms with Crippen molar-refractivity contribution in [2.75, 3.05) is 5.32 Å². The summed E-state index contributed by atoms with van der Waals surface area (Å²) in [4.78, 5) is 19.0. The van der Waals surface area contributed by atoms with Gasteiger partial charge in [0, 0.05) is 24.2 Å². The van der Waals surface area contributed by atoms with Crippen molar-refractivity contribution in [1.82, 2.24) is 30.1 Å². The second-order valence-corrected chi connectivity index (χ2v) is 5.81. The van der Waals surface area contributed by atoms with Crippen LogP contribution in [-0.2, 0) is 0 Å². The SMILES string of the molecule is c1cnc(Nc2nc3sc(-c4cn[nH]c4)nc3s2)cn1. The molecule has 7 nitrogen and oxygen atoms in total. The number of anilines is 2. The zero-order valence-electron chi connectivity index (χ0n) is 9.94. The molecule has 4 heterocycles. The second kappa shape index (κ2) is 4.62. The summed E-state index contributed by atoms with van der Waals surface area (Å²) in [7, 11) is 0. The van der Waals surface area contributed by atoms with Gasteiger partial charge in [-0.05, 0) is 0 Å². The summed E-state index contributed by atoms with van der Waals surface area (Å²) in [6, 6.07) is 0. The van der Waals surface area contributed by atoms with Gasteiger partial charge in [0.15, 0.2) is 20.6 Å². The Labute approximate surface area is 120 Å². The van der Waals surface area contributed by atoms with E-state index in [1.165, 1.54) is 22.7 Å². The average molecular weight is 301 g/mol. The molecule has 0 radical (unpaired) electrons. The van der Waals surface area contributed by atoms with Crippen LogP contribution in [0.2, 0.25) is 0 Å². The molecule has 9 heteroatoms. The molecule has 0 aliphatic rings. The molecule has 0 saturated carbocycles. The van der Waals surface area contributed by atoms with Crippen LogP contribution in [0.4, 0.5) is 10.9 Å². The van der Waals surface area contributed by atoms with Crippen LogP contribution < -0.4 is 5.32 Å². The number of aromatic amines is 1. The minimum Gasteiger partial charge on any atom is -0.315 e. The minimum absolute atomic E-state index is 0.670. The van der Waals surface area contributed by atoms with Crippen molar-refractivity contribution >= 4 is 43.3 Å². The van der Waals surface area contributed by atoms with Crippen molar-refractivity contribution in [2.24, 2.45) is 0 Å². The van der Waals surface area contributed by atoms with Crippen molar-refractivity contribution < 1.29 is 0 Å². The number of nitrogens with zero attached hydrogens (tertiary/aromatic N) is 5. The molecule has 0 fully saturated rings. The second-order valence-electron chi connectivity index (χ2n) is 3.85. The van der Waals surface area contributed by atoms with E-state index < -0.39 is 0 Å². The monoisotopic (exact) mass is 301 g/mol. The van der Waals surface area contributed by atoms with Crippen LogP contribution in [-0.4, -0.2) is 30.1 Å². The molecule has 4 aromatic heterocycles. The van der Waals surface area contributed by atoms with Crippen molar-refractivity contribution in [1.29, 1.82) is 0 Å². The predicted octanol–water partition coefficient (Wildman–Crippen LogP) is 2.68. The van der Waals surface area contributed by atoms with Gasteiger partial charge in [-0.15, -0.1) is 0 Å². The highest BCUT2D eigenvalue weighted by Crippen LogP contribution is 2.34. The Hall–Kier alpha value is -2.39. The summed E-state index contributed by atoms with van der Waals surface area (Å²) in [5.41, 5.74) is 0.976. The largest absolute Gasteiger partial charge is 0.315 e. The summed E-state index contributed by atoms with van der Waals surface area (Å²) < 4.78 is 0. The van der Waals surface area contributed by atoms with Gasteiger partial charge in [0.1, 0.15) is 5.01 Å².